The van der Waals surface area contributed by atoms with Gasteiger partial charge in [0.15, 0.2) is 0 Å². The van der Waals surface area contributed by atoms with E-state index in [9.17, 15) is 4.79 Å². The number of nitrogens with zero attached hydrogens (tertiary/aromatic N) is 1. The Labute approximate surface area is 110 Å². The third-order valence-electron chi connectivity index (χ3n) is 2.52. The molecule has 0 saturated heterocycles. The monoisotopic (exact) mass is 256 g/mol. The SMILES string of the molecule is C#Cc1ccccc1CCNC(=O)c1cscn1. The van der Waals surface area contributed by atoms with Crippen LogP contribution in [0, 0.1) is 12.3 Å². The van der Waals surface area contributed by atoms with E-state index in [2.05, 4.69) is 16.2 Å². The number of amides is 1. The first-order chi connectivity index (χ1) is 8.81. The molecule has 0 spiro atoms. The Kier molecular flexibility index (Phi) is 4.11. The van der Waals surface area contributed by atoms with Gasteiger partial charge in [0, 0.05) is 17.5 Å². The molecule has 1 N–H and O–H groups in total. The third-order valence-corrected chi connectivity index (χ3v) is 3.10. The Morgan fingerprint density at radius 2 is 2.28 bits per heavy atom. The van der Waals surface area contributed by atoms with Crippen molar-refractivity contribution in [2.75, 3.05) is 6.54 Å². The number of thiazole rings is 1. The van der Waals surface area contributed by atoms with E-state index in [0.29, 0.717) is 12.2 Å². The molecule has 1 heterocycles. The number of rotatable bonds is 4. The molecule has 0 saturated carbocycles. The van der Waals surface area contributed by atoms with Gasteiger partial charge < -0.3 is 5.32 Å². The van der Waals surface area contributed by atoms with Gasteiger partial charge in [-0.3, -0.25) is 4.79 Å². The van der Waals surface area contributed by atoms with Crippen LogP contribution in [-0.4, -0.2) is 17.4 Å². The van der Waals surface area contributed by atoms with E-state index >= 15 is 0 Å². The van der Waals surface area contributed by atoms with E-state index in [1.807, 2.05) is 24.3 Å². The molecule has 0 fully saturated rings. The number of aromatic nitrogens is 1. The first-order valence-electron chi connectivity index (χ1n) is 5.52. The molecule has 2 rings (SSSR count). The summed E-state index contributed by atoms with van der Waals surface area (Å²) in [5.41, 5.74) is 4.05. The molecule has 1 aromatic carbocycles. The summed E-state index contributed by atoms with van der Waals surface area (Å²) >= 11 is 1.41. The summed E-state index contributed by atoms with van der Waals surface area (Å²) in [4.78, 5) is 15.6. The summed E-state index contributed by atoms with van der Waals surface area (Å²) in [5, 5.41) is 4.55. The van der Waals surface area contributed by atoms with Crippen LogP contribution in [0.3, 0.4) is 0 Å². The van der Waals surface area contributed by atoms with E-state index in [1.165, 1.54) is 11.3 Å². The van der Waals surface area contributed by atoms with Gasteiger partial charge in [-0.25, -0.2) is 4.98 Å². The molecular formula is C14H12N2OS. The van der Waals surface area contributed by atoms with Crippen LogP contribution in [0.5, 0.6) is 0 Å². The predicted molar refractivity (Wildman–Crippen MR) is 72.5 cm³/mol. The number of carbonyl (C=O) groups is 1. The van der Waals surface area contributed by atoms with Crippen LogP contribution in [0.25, 0.3) is 0 Å². The van der Waals surface area contributed by atoms with Gasteiger partial charge in [0.25, 0.3) is 5.91 Å². The number of hydrogen-bond donors (Lipinski definition) is 1. The summed E-state index contributed by atoms with van der Waals surface area (Å²) in [7, 11) is 0. The lowest BCUT2D eigenvalue weighted by atomic mass is 10.1. The second-order valence-corrected chi connectivity index (χ2v) is 4.40. The number of terminal acetylenes is 1. The first kappa shape index (κ1) is 12.3. The number of hydrogen-bond acceptors (Lipinski definition) is 3. The van der Waals surface area contributed by atoms with Crippen molar-refractivity contribution in [2.24, 2.45) is 0 Å². The minimum absolute atomic E-state index is 0.144. The van der Waals surface area contributed by atoms with E-state index in [-0.39, 0.29) is 5.91 Å². The van der Waals surface area contributed by atoms with Crippen molar-refractivity contribution < 1.29 is 4.79 Å². The average molecular weight is 256 g/mol. The highest BCUT2D eigenvalue weighted by Crippen LogP contribution is 2.07. The summed E-state index contributed by atoms with van der Waals surface area (Å²) in [6, 6.07) is 7.73. The first-order valence-corrected chi connectivity index (χ1v) is 6.46. The fraction of sp³-hybridized carbons (Fsp3) is 0.143. The zero-order valence-corrected chi connectivity index (χ0v) is 10.5. The van der Waals surface area contributed by atoms with E-state index in [0.717, 1.165) is 17.5 Å². The van der Waals surface area contributed by atoms with Gasteiger partial charge in [-0.2, -0.15) is 0 Å². The number of benzene rings is 1. The van der Waals surface area contributed by atoms with Gasteiger partial charge >= 0.3 is 0 Å². The normalized spacial score (nSPS) is 9.72. The Hall–Kier alpha value is -2.12. The standard InChI is InChI=1S/C14H12N2OS/c1-2-11-5-3-4-6-12(11)7-8-15-14(17)13-9-18-10-16-13/h1,3-6,9-10H,7-8H2,(H,15,17). The van der Waals surface area contributed by atoms with E-state index in [1.54, 1.807) is 10.9 Å². The van der Waals surface area contributed by atoms with Gasteiger partial charge in [-0.15, -0.1) is 17.8 Å². The highest BCUT2D eigenvalue weighted by molar-refractivity contribution is 7.07. The third kappa shape index (κ3) is 2.96. The molecule has 0 aliphatic rings. The van der Waals surface area contributed by atoms with Gasteiger partial charge in [0.1, 0.15) is 5.69 Å². The van der Waals surface area contributed by atoms with Gasteiger partial charge in [0.2, 0.25) is 0 Å². The molecule has 0 aliphatic carbocycles. The quantitative estimate of drug-likeness (QED) is 0.851. The highest BCUT2D eigenvalue weighted by atomic mass is 32.1. The van der Waals surface area contributed by atoms with Crippen molar-refractivity contribution in [1.82, 2.24) is 10.3 Å². The summed E-state index contributed by atoms with van der Waals surface area (Å²) in [6.07, 6.45) is 6.13. The van der Waals surface area contributed by atoms with Crippen molar-refractivity contribution in [1.29, 1.82) is 0 Å². The largest absolute Gasteiger partial charge is 0.350 e. The van der Waals surface area contributed by atoms with E-state index in [4.69, 9.17) is 6.42 Å². The molecule has 0 bridgehead atoms. The lowest BCUT2D eigenvalue weighted by Crippen LogP contribution is -2.26. The van der Waals surface area contributed by atoms with Crippen LogP contribution in [0.15, 0.2) is 35.2 Å². The van der Waals surface area contributed by atoms with Gasteiger partial charge in [-0.1, -0.05) is 24.1 Å². The second kappa shape index (κ2) is 5.99. The van der Waals surface area contributed by atoms with Crippen LogP contribution in [0.1, 0.15) is 21.6 Å². The molecule has 1 aromatic heterocycles. The molecule has 3 nitrogen and oxygen atoms in total. The smallest absolute Gasteiger partial charge is 0.270 e. The Balaban J connectivity index is 1.89. The molecular weight excluding hydrogens is 244 g/mol. The Morgan fingerprint density at radius 3 is 3.00 bits per heavy atom. The van der Waals surface area contributed by atoms with Crippen LogP contribution in [0.4, 0.5) is 0 Å². The van der Waals surface area contributed by atoms with Crippen molar-refractivity contribution >= 4 is 17.2 Å². The highest BCUT2D eigenvalue weighted by Gasteiger charge is 2.06. The molecule has 90 valence electrons. The Bertz CT molecular complexity index is 570. The Morgan fingerprint density at radius 1 is 1.44 bits per heavy atom. The van der Waals surface area contributed by atoms with E-state index < -0.39 is 0 Å². The minimum atomic E-state index is -0.144. The second-order valence-electron chi connectivity index (χ2n) is 3.68. The maximum atomic E-state index is 11.6. The average Bonchev–Trinajstić information content (AvgIpc) is 2.93. The summed E-state index contributed by atoms with van der Waals surface area (Å²) in [6.45, 7) is 0.551. The zero-order valence-electron chi connectivity index (χ0n) is 9.72. The molecule has 4 heteroatoms. The predicted octanol–water partition coefficient (Wildman–Crippen LogP) is 2.10. The maximum Gasteiger partial charge on any atom is 0.270 e. The molecule has 0 radical (unpaired) electrons. The lowest BCUT2D eigenvalue weighted by Gasteiger charge is -2.05. The van der Waals surface area contributed by atoms with Crippen LogP contribution in [0.2, 0.25) is 0 Å². The topological polar surface area (TPSA) is 42.0 Å². The fourth-order valence-corrected chi connectivity index (χ4v) is 2.14. The van der Waals surface area contributed by atoms with Crippen LogP contribution < -0.4 is 5.32 Å². The van der Waals surface area contributed by atoms with Crippen molar-refractivity contribution in [3.63, 3.8) is 0 Å². The number of nitrogens with one attached hydrogen (secondary N) is 1. The maximum absolute atomic E-state index is 11.6. The molecule has 1 amide bonds. The zero-order chi connectivity index (χ0) is 12.8. The molecule has 0 atom stereocenters. The molecule has 2 aromatic rings. The minimum Gasteiger partial charge on any atom is -0.350 e. The van der Waals surface area contributed by atoms with Crippen LogP contribution in [-0.2, 0) is 6.42 Å². The van der Waals surface area contributed by atoms with Crippen molar-refractivity contribution in [3.05, 3.63) is 52.0 Å². The summed E-state index contributed by atoms with van der Waals surface area (Å²) < 4.78 is 0. The van der Waals surface area contributed by atoms with Crippen molar-refractivity contribution in [2.45, 2.75) is 6.42 Å². The van der Waals surface area contributed by atoms with Crippen molar-refractivity contribution in [3.8, 4) is 12.3 Å². The summed E-state index contributed by atoms with van der Waals surface area (Å²) in [5.74, 6) is 2.49. The van der Waals surface area contributed by atoms with Gasteiger partial charge in [-0.05, 0) is 18.1 Å². The molecule has 0 aliphatic heterocycles. The van der Waals surface area contributed by atoms with Gasteiger partial charge in [0.05, 0.1) is 5.51 Å². The fourth-order valence-electron chi connectivity index (χ4n) is 1.61. The molecule has 0 unspecified atom stereocenters. The van der Waals surface area contributed by atoms with Crippen LogP contribution >= 0.6 is 11.3 Å². The number of carbonyl (C=O) groups excluding carboxylic acids is 1. The lowest BCUT2D eigenvalue weighted by molar-refractivity contribution is 0.0950. The molecule has 18 heavy (non-hydrogen) atoms.